The second-order valence-corrected chi connectivity index (χ2v) is 2.35. The number of nitrogens with one attached hydrogen (secondary N) is 2. The first-order valence-corrected chi connectivity index (χ1v) is 3.81. The molecule has 0 aromatic heterocycles. The molecular formula is C6H13F3N4. The van der Waals surface area contributed by atoms with Crippen molar-refractivity contribution in [1.82, 2.24) is 10.7 Å². The van der Waals surface area contributed by atoms with Crippen molar-refractivity contribution in [3.8, 4) is 0 Å². The lowest BCUT2D eigenvalue weighted by Gasteiger charge is -2.08. The summed E-state index contributed by atoms with van der Waals surface area (Å²) in [6, 6.07) is 0. The lowest BCUT2D eigenvalue weighted by Crippen LogP contribution is -2.42. The summed E-state index contributed by atoms with van der Waals surface area (Å²) >= 11 is 0. The van der Waals surface area contributed by atoms with Gasteiger partial charge in [-0.1, -0.05) is 6.92 Å². The molecule has 0 aromatic carbocycles. The lowest BCUT2D eigenvalue weighted by atomic mass is 10.5. The summed E-state index contributed by atoms with van der Waals surface area (Å²) in [6.45, 7) is 1.18. The van der Waals surface area contributed by atoms with Gasteiger partial charge < -0.3 is 5.32 Å². The Balaban J connectivity index is 3.92. The maximum atomic E-state index is 11.7. The molecule has 0 aliphatic rings. The van der Waals surface area contributed by atoms with Gasteiger partial charge in [-0.15, -0.1) is 0 Å². The molecule has 0 radical (unpaired) electrons. The molecule has 0 bridgehead atoms. The molecule has 4 N–H and O–H groups in total. The third-order valence-electron chi connectivity index (χ3n) is 1.10. The molecule has 0 aliphatic heterocycles. The van der Waals surface area contributed by atoms with Crippen LogP contribution in [0.5, 0.6) is 0 Å². The number of rotatable bonds is 3. The Morgan fingerprint density at radius 1 is 1.46 bits per heavy atom. The van der Waals surface area contributed by atoms with Gasteiger partial charge in [-0.2, -0.15) is 13.2 Å². The van der Waals surface area contributed by atoms with E-state index >= 15 is 0 Å². The second-order valence-electron chi connectivity index (χ2n) is 2.35. The van der Waals surface area contributed by atoms with E-state index in [1.54, 1.807) is 0 Å². The van der Waals surface area contributed by atoms with Gasteiger partial charge in [0.25, 0.3) is 0 Å². The van der Waals surface area contributed by atoms with Crippen LogP contribution in [0.2, 0.25) is 0 Å². The molecule has 0 spiro atoms. The molecule has 7 heteroatoms. The number of halogens is 3. The minimum Gasteiger partial charge on any atom is -0.355 e. The van der Waals surface area contributed by atoms with Gasteiger partial charge in [0, 0.05) is 6.54 Å². The van der Waals surface area contributed by atoms with Crippen molar-refractivity contribution in [2.45, 2.75) is 19.5 Å². The smallest absolute Gasteiger partial charge is 0.355 e. The summed E-state index contributed by atoms with van der Waals surface area (Å²) in [4.78, 5) is 3.20. The number of aliphatic imine (C=N–C) groups is 1. The molecule has 0 unspecified atom stereocenters. The molecule has 0 aromatic rings. The Bertz CT molecular complexity index is 166. The van der Waals surface area contributed by atoms with E-state index in [1.165, 1.54) is 0 Å². The van der Waals surface area contributed by atoms with Crippen LogP contribution in [-0.2, 0) is 0 Å². The van der Waals surface area contributed by atoms with Crippen LogP contribution in [0.3, 0.4) is 0 Å². The minimum absolute atomic E-state index is 0.0424. The molecule has 4 nitrogen and oxygen atoms in total. The summed E-state index contributed by atoms with van der Waals surface area (Å²) in [5, 5.41) is 2.61. The minimum atomic E-state index is -4.30. The summed E-state index contributed by atoms with van der Waals surface area (Å²) in [7, 11) is 0. The molecule has 0 aliphatic carbocycles. The summed E-state index contributed by atoms with van der Waals surface area (Å²) < 4.78 is 35.0. The fourth-order valence-electron chi connectivity index (χ4n) is 0.565. The molecular weight excluding hydrogens is 185 g/mol. The van der Waals surface area contributed by atoms with E-state index in [2.05, 4.69) is 10.3 Å². The molecule has 0 rings (SSSR count). The van der Waals surface area contributed by atoms with Gasteiger partial charge >= 0.3 is 6.18 Å². The van der Waals surface area contributed by atoms with E-state index in [0.717, 1.165) is 6.42 Å². The summed E-state index contributed by atoms with van der Waals surface area (Å²) in [5.41, 5.74) is 2.05. The highest BCUT2D eigenvalue weighted by atomic mass is 19.4. The van der Waals surface area contributed by atoms with Gasteiger partial charge in [-0.25, -0.2) is 10.8 Å². The first-order valence-electron chi connectivity index (χ1n) is 3.81. The standard InChI is InChI=1S/C6H13F3N4/c1-2-3-11-5(13-10)12-4-6(7,8)9/h2-4,10H2,1H3,(H2,11,12,13). The SMILES string of the molecule is CCCNC(=NCC(F)(F)F)NN. The average Bonchev–Trinajstić information content (AvgIpc) is 2.03. The van der Waals surface area contributed by atoms with E-state index in [0.29, 0.717) is 6.54 Å². The van der Waals surface area contributed by atoms with E-state index in [4.69, 9.17) is 5.84 Å². The first-order chi connectivity index (χ1) is 5.99. The third-order valence-corrected chi connectivity index (χ3v) is 1.10. The van der Waals surface area contributed by atoms with Gasteiger partial charge in [0.05, 0.1) is 0 Å². The van der Waals surface area contributed by atoms with Gasteiger partial charge in [0.2, 0.25) is 5.96 Å². The van der Waals surface area contributed by atoms with Gasteiger partial charge in [0.1, 0.15) is 6.54 Å². The summed E-state index contributed by atoms with van der Waals surface area (Å²) in [6.07, 6.45) is -3.51. The summed E-state index contributed by atoms with van der Waals surface area (Å²) in [5.74, 6) is 4.89. The number of nitrogens with zero attached hydrogens (tertiary/aromatic N) is 1. The third kappa shape index (κ3) is 7.38. The highest BCUT2D eigenvalue weighted by Crippen LogP contribution is 2.13. The van der Waals surface area contributed by atoms with Crippen molar-refractivity contribution in [3.05, 3.63) is 0 Å². The zero-order chi connectivity index (χ0) is 10.3. The Morgan fingerprint density at radius 3 is 2.46 bits per heavy atom. The molecule has 0 fully saturated rings. The molecule has 0 heterocycles. The number of hydrogen-bond donors (Lipinski definition) is 3. The van der Waals surface area contributed by atoms with Crippen molar-refractivity contribution in [1.29, 1.82) is 0 Å². The van der Waals surface area contributed by atoms with Crippen LogP contribution in [-0.4, -0.2) is 25.2 Å². The lowest BCUT2D eigenvalue weighted by molar-refractivity contribution is -0.118. The zero-order valence-electron chi connectivity index (χ0n) is 7.28. The second kappa shape index (κ2) is 5.63. The monoisotopic (exact) mass is 198 g/mol. The van der Waals surface area contributed by atoms with Crippen LogP contribution in [0.25, 0.3) is 0 Å². The fourth-order valence-corrected chi connectivity index (χ4v) is 0.565. The Hall–Kier alpha value is -0.980. The van der Waals surface area contributed by atoms with E-state index < -0.39 is 12.7 Å². The van der Waals surface area contributed by atoms with Crippen LogP contribution < -0.4 is 16.6 Å². The molecule has 0 atom stereocenters. The molecule has 13 heavy (non-hydrogen) atoms. The molecule has 0 saturated heterocycles. The molecule has 0 amide bonds. The van der Waals surface area contributed by atoms with Crippen LogP contribution in [0.4, 0.5) is 13.2 Å². The van der Waals surface area contributed by atoms with Gasteiger partial charge in [0.15, 0.2) is 0 Å². The zero-order valence-corrected chi connectivity index (χ0v) is 7.28. The van der Waals surface area contributed by atoms with E-state index in [9.17, 15) is 13.2 Å². The number of hydrogen-bond acceptors (Lipinski definition) is 2. The van der Waals surface area contributed by atoms with Gasteiger partial charge in [-0.3, -0.25) is 5.43 Å². The number of hydrazine groups is 1. The number of alkyl halides is 3. The van der Waals surface area contributed by atoms with E-state index in [-0.39, 0.29) is 5.96 Å². The van der Waals surface area contributed by atoms with Crippen molar-refractivity contribution in [2.75, 3.05) is 13.1 Å². The number of nitrogens with two attached hydrogens (primary N) is 1. The van der Waals surface area contributed by atoms with Crippen molar-refractivity contribution < 1.29 is 13.2 Å². The number of guanidine groups is 1. The fraction of sp³-hybridized carbons (Fsp3) is 0.833. The maximum Gasteiger partial charge on any atom is 0.408 e. The van der Waals surface area contributed by atoms with Crippen LogP contribution >= 0.6 is 0 Å². The van der Waals surface area contributed by atoms with Crippen molar-refractivity contribution >= 4 is 5.96 Å². The highest BCUT2D eigenvalue weighted by Gasteiger charge is 2.26. The Kier molecular flexibility index (Phi) is 5.20. The predicted octanol–water partition coefficient (Wildman–Crippen LogP) is 0.368. The maximum absolute atomic E-state index is 11.7. The molecule has 78 valence electrons. The van der Waals surface area contributed by atoms with Gasteiger partial charge in [-0.05, 0) is 6.42 Å². The quantitative estimate of drug-likeness (QED) is 0.266. The van der Waals surface area contributed by atoms with Crippen LogP contribution in [0.1, 0.15) is 13.3 Å². The normalized spacial score (nSPS) is 12.8. The molecule has 0 saturated carbocycles. The average molecular weight is 198 g/mol. The Morgan fingerprint density at radius 2 is 2.08 bits per heavy atom. The van der Waals surface area contributed by atoms with Crippen molar-refractivity contribution in [3.63, 3.8) is 0 Å². The predicted molar refractivity (Wildman–Crippen MR) is 44.0 cm³/mol. The largest absolute Gasteiger partial charge is 0.408 e. The Labute approximate surface area is 74.4 Å². The van der Waals surface area contributed by atoms with E-state index in [1.807, 2.05) is 12.3 Å². The first kappa shape index (κ1) is 12.0. The topological polar surface area (TPSA) is 62.4 Å². The van der Waals surface area contributed by atoms with Crippen molar-refractivity contribution in [2.24, 2.45) is 10.8 Å². The van der Waals surface area contributed by atoms with Crippen LogP contribution in [0, 0.1) is 0 Å². The highest BCUT2D eigenvalue weighted by molar-refractivity contribution is 5.79. The van der Waals surface area contributed by atoms with Crippen LogP contribution in [0.15, 0.2) is 4.99 Å².